The van der Waals surface area contributed by atoms with Crippen LogP contribution in [-0.4, -0.2) is 11.0 Å². The van der Waals surface area contributed by atoms with Crippen molar-refractivity contribution in [3.8, 4) is 0 Å². The lowest BCUT2D eigenvalue weighted by atomic mass is 10.1. The van der Waals surface area contributed by atoms with Gasteiger partial charge in [-0.1, -0.05) is 30.3 Å². The molecule has 154 valence electrons. The Balaban J connectivity index is 1.28. The highest BCUT2D eigenvalue weighted by Crippen LogP contribution is 2.33. The molecule has 5 nitrogen and oxygen atoms in total. The number of benzene rings is 3. The maximum absolute atomic E-state index is 13.3. The number of amides is 2. The Morgan fingerprint density at radius 2 is 1.74 bits per heavy atom. The Labute approximate surface area is 179 Å². The summed E-state index contributed by atoms with van der Waals surface area (Å²) in [6, 6.07) is 23.6. The number of pyridine rings is 1. The number of nitrogens with one attached hydrogen (secondary N) is 3. The van der Waals surface area contributed by atoms with E-state index in [0.717, 1.165) is 29.6 Å². The van der Waals surface area contributed by atoms with Crippen LogP contribution < -0.4 is 16.0 Å². The van der Waals surface area contributed by atoms with Gasteiger partial charge in [0.15, 0.2) is 0 Å². The zero-order chi connectivity index (χ0) is 21.2. The molecular formula is C25H21FN4O. The van der Waals surface area contributed by atoms with Gasteiger partial charge in [-0.3, -0.25) is 0 Å². The van der Waals surface area contributed by atoms with Gasteiger partial charge in [0.25, 0.3) is 0 Å². The number of carbonyl (C=O) groups excluding carboxylic acids is 1. The van der Waals surface area contributed by atoms with Crippen LogP contribution in [0.5, 0.6) is 0 Å². The van der Waals surface area contributed by atoms with Crippen molar-refractivity contribution in [3.63, 3.8) is 0 Å². The highest BCUT2D eigenvalue weighted by molar-refractivity contribution is 6.01. The first-order valence-corrected chi connectivity index (χ1v) is 10.2. The van der Waals surface area contributed by atoms with Crippen molar-refractivity contribution < 1.29 is 9.18 Å². The molecule has 0 aliphatic heterocycles. The van der Waals surface area contributed by atoms with Gasteiger partial charge in [0.2, 0.25) is 0 Å². The minimum atomic E-state index is -0.434. The molecule has 6 heteroatoms. The second-order valence-electron chi connectivity index (χ2n) is 7.63. The molecule has 1 aliphatic carbocycles. The average molecular weight is 412 g/mol. The summed E-state index contributed by atoms with van der Waals surface area (Å²) in [6.07, 6.45) is 2.14. The lowest BCUT2D eigenvalue weighted by molar-refractivity contribution is 0.262. The van der Waals surface area contributed by atoms with Crippen LogP contribution in [0.2, 0.25) is 0 Å². The van der Waals surface area contributed by atoms with Gasteiger partial charge in [-0.05, 0) is 72.5 Å². The van der Waals surface area contributed by atoms with Gasteiger partial charge in [0.1, 0.15) is 11.6 Å². The number of carbonyl (C=O) groups is 1. The minimum Gasteiger partial charge on any atom is -0.363 e. The average Bonchev–Trinajstić information content (AvgIpc) is 3.17. The minimum absolute atomic E-state index is 0.272. The molecule has 31 heavy (non-hydrogen) atoms. The summed E-state index contributed by atoms with van der Waals surface area (Å²) in [7, 11) is 0. The molecule has 3 aromatic carbocycles. The number of halogens is 1. The van der Waals surface area contributed by atoms with Crippen molar-refractivity contribution in [1.82, 2.24) is 4.98 Å². The zero-order valence-corrected chi connectivity index (χ0v) is 16.7. The number of aromatic nitrogens is 1. The Kier molecular flexibility index (Phi) is 4.96. The first-order chi connectivity index (χ1) is 15.1. The van der Waals surface area contributed by atoms with Gasteiger partial charge in [-0.2, -0.15) is 0 Å². The number of anilines is 3. The molecule has 2 amide bonds. The van der Waals surface area contributed by atoms with Crippen LogP contribution in [0, 0.1) is 5.82 Å². The maximum Gasteiger partial charge on any atom is 0.323 e. The molecule has 5 rings (SSSR count). The van der Waals surface area contributed by atoms with Crippen LogP contribution in [0.1, 0.15) is 23.6 Å². The SMILES string of the molecule is O=C(Nc1cccc(F)c1)Nc1ccc2nc(NC3CCc4ccccc43)ccc2c1. The smallest absolute Gasteiger partial charge is 0.323 e. The molecular weight excluding hydrogens is 391 g/mol. The maximum atomic E-state index is 13.3. The largest absolute Gasteiger partial charge is 0.363 e. The third-order valence-corrected chi connectivity index (χ3v) is 5.48. The first-order valence-electron chi connectivity index (χ1n) is 10.2. The van der Waals surface area contributed by atoms with Gasteiger partial charge < -0.3 is 16.0 Å². The van der Waals surface area contributed by atoms with E-state index in [0.29, 0.717) is 11.4 Å². The number of aryl methyl sites for hydroxylation is 1. The van der Waals surface area contributed by atoms with E-state index in [4.69, 9.17) is 4.98 Å². The number of rotatable bonds is 4. The molecule has 0 fully saturated rings. The fourth-order valence-corrected chi connectivity index (χ4v) is 4.03. The van der Waals surface area contributed by atoms with Crippen molar-refractivity contribution in [1.29, 1.82) is 0 Å². The van der Waals surface area contributed by atoms with Gasteiger partial charge in [0, 0.05) is 16.8 Å². The van der Waals surface area contributed by atoms with E-state index in [1.807, 2.05) is 24.3 Å². The van der Waals surface area contributed by atoms with Crippen LogP contribution in [0.4, 0.5) is 26.4 Å². The van der Waals surface area contributed by atoms with Crippen LogP contribution in [0.3, 0.4) is 0 Å². The van der Waals surface area contributed by atoms with Crippen molar-refractivity contribution >= 4 is 34.1 Å². The van der Waals surface area contributed by atoms with Crippen LogP contribution in [-0.2, 0) is 6.42 Å². The molecule has 0 radical (unpaired) electrons. The Hall–Kier alpha value is -3.93. The van der Waals surface area contributed by atoms with Crippen LogP contribution in [0.15, 0.2) is 78.9 Å². The summed E-state index contributed by atoms with van der Waals surface area (Å²) in [6.45, 7) is 0. The predicted molar refractivity (Wildman–Crippen MR) is 122 cm³/mol. The molecule has 1 aromatic heterocycles. The molecule has 1 aliphatic rings. The number of nitrogens with zero attached hydrogens (tertiary/aromatic N) is 1. The standard InChI is InChI=1S/C25H21FN4O/c26-18-5-3-6-19(15-18)27-25(31)28-20-10-12-22-17(14-20)9-13-24(29-22)30-23-11-8-16-4-1-2-7-21(16)23/h1-7,9-10,12-15,23H,8,11H2,(H,29,30)(H2,27,28,31). The van der Waals surface area contributed by atoms with Gasteiger partial charge in [-0.15, -0.1) is 0 Å². The third kappa shape index (κ3) is 4.19. The molecule has 0 spiro atoms. The van der Waals surface area contributed by atoms with Crippen LogP contribution >= 0.6 is 0 Å². The van der Waals surface area contributed by atoms with Gasteiger partial charge in [0.05, 0.1) is 11.6 Å². The number of fused-ring (bicyclic) bond motifs is 2. The summed E-state index contributed by atoms with van der Waals surface area (Å²) in [5.74, 6) is 0.429. The zero-order valence-electron chi connectivity index (χ0n) is 16.7. The van der Waals surface area contributed by atoms with Crippen molar-refractivity contribution in [2.45, 2.75) is 18.9 Å². The molecule has 1 unspecified atom stereocenters. The molecule has 0 saturated carbocycles. The third-order valence-electron chi connectivity index (χ3n) is 5.48. The molecule has 3 N–H and O–H groups in total. The first kappa shape index (κ1) is 19.1. The monoisotopic (exact) mass is 412 g/mol. The number of hydrogen-bond acceptors (Lipinski definition) is 3. The quantitative estimate of drug-likeness (QED) is 0.378. The molecule has 1 heterocycles. The van der Waals surface area contributed by atoms with Crippen molar-refractivity contribution in [2.75, 3.05) is 16.0 Å². The van der Waals surface area contributed by atoms with Crippen LogP contribution in [0.25, 0.3) is 10.9 Å². The summed E-state index contributed by atoms with van der Waals surface area (Å²) in [4.78, 5) is 16.9. The topological polar surface area (TPSA) is 66.0 Å². The number of urea groups is 1. The fourth-order valence-electron chi connectivity index (χ4n) is 4.03. The Morgan fingerprint density at radius 1 is 0.903 bits per heavy atom. The lowest BCUT2D eigenvalue weighted by Crippen LogP contribution is -2.19. The van der Waals surface area contributed by atoms with E-state index in [9.17, 15) is 9.18 Å². The summed E-state index contributed by atoms with van der Waals surface area (Å²) in [5, 5.41) is 9.86. The highest BCUT2D eigenvalue weighted by Gasteiger charge is 2.21. The summed E-state index contributed by atoms with van der Waals surface area (Å²) >= 11 is 0. The van der Waals surface area contributed by atoms with Gasteiger partial charge >= 0.3 is 6.03 Å². The number of hydrogen-bond donors (Lipinski definition) is 3. The second kappa shape index (κ2) is 8.07. The predicted octanol–water partition coefficient (Wildman–Crippen LogP) is 6.12. The van der Waals surface area contributed by atoms with Crippen molar-refractivity contribution in [3.05, 3.63) is 95.8 Å². The summed E-state index contributed by atoms with van der Waals surface area (Å²) < 4.78 is 13.3. The van der Waals surface area contributed by atoms with E-state index in [1.165, 1.54) is 23.3 Å². The van der Waals surface area contributed by atoms with E-state index >= 15 is 0 Å². The van der Waals surface area contributed by atoms with E-state index in [2.05, 4.69) is 40.2 Å². The molecule has 4 aromatic rings. The lowest BCUT2D eigenvalue weighted by Gasteiger charge is -2.15. The van der Waals surface area contributed by atoms with E-state index in [-0.39, 0.29) is 6.04 Å². The molecule has 1 atom stereocenters. The molecule has 0 saturated heterocycles. The fraction of sp³-hybridized carbons (Fsp3) is 0.120. The normalized spacial score (nSPS) is 14.8. The summed E-state index contributed by atoms with van der Waals surface area (Å²) in [5.41, 5.74) is 4.60. The highest BCUT2D eigenvalue weighted by atomic mass is 19.1. The Morgan fingerprint density at radius 3 is 2.61 bits per heavy atom. The van der Waals surface area contributed by atoms with E-state index in [1.54, 1.807) is 18.2 Å². The Bertz CT molecular complexity index is 1270. The van der Waals surface area contributed by atoms with Gasteiger partial charge in [-0.25, -0.2) is 14.2 Å². The van der Waals surface area contributed by atoms with Crippen molar-refractivity contribution in [2.24, 2.45) is 0 Å². The second-order valence-corrected chi connectivity index (χ2v) is 7.63. The molecule has 0 bridgehead atoms. The van der Waals surface area contributed by atoms with E-state index < -0.39 is 11.8 Å².